The molecule has 0 fully saturated rings. The van der Waals surface area contributed by atoms with Crippen LogP contribution in [0.25, 0.3) is 16.5 Å². The molecule has 1 atom stereocenters. The summed E-state index contributed by atoms with van der Waals surface area (Å²) >= 11 is 0. The lowest BCUT2D eigenvalue weighted by atomic mass is 9.97. The minimum atomic E-state index is -0.450. The van der Waals surface area contributed by atoms with Gasteiger partial charge in [-0.3, -0.25) is 20.4 Å². The van der Waals surface area contributed by atoms with Crippen LogP contribution in [0.5, 0.6) is 5.75 Å². The molecule has 9 heteroatoms. The lowest BCUT2D eigenvalue weighted by Crippen LogP contribution is -2.43. The number of nitrogens with zero attached hydrogens (tertiary/aromatic N) is 4. The number of fused-ring (bicyclic) bond motifs is 1. The Labute approximate surface area is 178 Å². The second-order valence-corrected chi connectivity index (χ2v) is 6.94. The minimum Gasteiger partial charge on any atom is -0.497 e. The Morgan fingerprint density at radius 2 is 1.71 bits per heavy atom. The van der Waals surface area contributed by atoms with Crippen LogP contribution in [0.4, 0.5) is 0 Å². The summed E-state index contributed by atoms with van der Waals surface area (Å²) in [6.07, 6.45) is 1.46. The van der Waals surface area contributed by atoms with E-state index in [1.165, 1.54) is 11.0 Å². The predicted octanol–water partition coefficient (Wildman–Crippen LogP) is 2.39. The summed E-state index contributed by atoms with van der Waals surface area (Å²) in [5, 5.41) is 13.0. The summed E-state index contributed by atoms with van der Waals surface area (Å²) in [6.45, 7) is 1.78. The average Bonchev–Trinajstić information content (AvgIpc) is 3.36. The number of rotatable bonds is 5. The third-order valence-electron chi connectivity index (χ3n) is 5.01. The van der Waals surface area contributed by atoms with Gasteiger partial charge in [0.2, 0.25) is 5.91 Å². The van der Waals surface area contributed by atoms with Gasteiger partial charge >= 0.3 is 0 Å². The number of carbonyl (C=O) groups is 2. The number of ether oxygens (including phenoxy) is 1. The Bertz CT molecular complexity index is 1220. The van der Waals surface area contributed by atoms with Crippen LogP contribution in [-0.2, 0) is 4.79 Å². The Kier molecular flexibility index (Phi) is 5.57. The number of hydrogen-bond donors (Lipinski definition) is 2. The van der Waals surface area contributed by atoms with Gasteiger partial charge in [-0.2, -0.15) is 0 Å². The molecule has 156 valence electrons. The SMILES string of the molecule is COc1ccc2cc([C@H](C)C(=O)NNC(=O)c3ccc(-n4cnnn4)cc3)ccc2c1. The molecule has 0 aliphatic rings. The number of carbonyl (C=O) groups excluding carboxylic acids is 2. The Morgan fingerprint density at radius 1 is 0.968 bits per heavy atom. The van der Waals surface area contributed by atoms with Crippen LogP contribution in [0.3, 0.4) is 0 Å². The van der Waals surface area contributed by atoms with E-state index in [4.69, 9.17) is 4.74 Å². The molecular formula is C22H20N6O3. The summed E-state index contributed by atoms with van der Waals surface area (Å²) in [4.78, 5) is 24.9. The Morgan fingerprint density at radius 3 is 2.42 bits per heavy atom. The molecule has 9 nitrogen and oxygen atoms in total. The van der Waals surface area contributed by atoms with Gasteiger partial charge in [0, 0.05) is 5.56 Å². The number of hydrogen-bond acceptors (Lipinski definition) is 6. The van der Waals surface area contributed by atoms with Crippen LogP contribution < -0.4 is 15.6 Å². The van der Waals surface area contributed by atoms with Crippen molar-refractivity contribution in [3.05, 3.63) is 78.1 Å². The van der Waals surface area contributed by atoms with Crippen LogP contribution in [-0.4, -0.2) is 39.1 Å². The zero-order chi connectivity index (χ0) is 21.8. The first-order valence-electron chi connectivity index (χ1n) is 9.56. The third kappa shape index (κ3) is 4.35. The van der Waals surface area contributed by atoms with Gasteiger partial charge in [-0.15, -0.1) is 5.10 Å². The first-order valence-corrected chi connectivity index (χ1v) is 9.56. The molecule has 0 aliphatic carbocycles. The summed E-state index contributed by atoms with van der Waals surface area (Å²) < 4.78 is 6.72. The number of tetrazole rings is 1. The van der Waals surface area contributed by atoms with E-state index in [9.17, 15) is 9.59 Å². The van der Waals surface area contributed by atoms with Gasteiger partial charge in [-0.05, 0) is 70.1 Å². The maximum atomic E-state index is 12.6. The average molecular weight is 416 g/mol. The lowest BCUT2D eigenvalue weighted by Gasteiger charge is -2.14. The number of benzene rings is 3. The maximum Gasteiger partial charge on any atom is 0.269 e. The first-order chi connectivity index (χ1) is 15.0. The summed E-state index contributed by atoms with van der Waals surface area (Å²) in [7, 11) is 1.62. The van der Waals surface area contributed by atoms with E-state index in [-0.39, 0.29) is 5.91 Å². The van der Waals surface area contributed by atoms with E-state index in [2.05, 4.69) is 26.4 Å². The number of methoxy groups -OCH3 is 1. The van der Waals surface area contributed by atoms with Crippen LogP contribution in [0.1, 0.15) is 28.8 Å². The fourth-order valence-electron chi connectivity index (χ4n) is 3.13. The number of amides is 2. The molecule has 0 aliphatic heterocycles. The molecule has 2 N–H and O–H groups in total. The molecule has 0 bridgehead atoms. The van der Waals surface area contributed by atoms with Gasteiger partial charge in [-0.25, -0.2) is 4.68 Å². The highest BCUT2D eigenvalue weighted by Crippen LogP contribution is 2.25. The highest BCUT2D eigenvalue weighted by molar-refractivity contribution is 5.96. The molecule has 0 radical (unpaired) electrons. The number of hydrazine groups is 1. The van der Waals surface area contributed by atoms with E-state index in [1.807, 2.05) is 36.4 Å². The molecule has 4 rings (SSSR count). The molecule has 1 heterocycles. The van der Waals surface area contributed by atoms with Crippen LogP contribution in [0.15, 0.2) is 67.0 Å². The highest BCUT2D eigenvalue weighted by atomic mass is 16.5. The normalized spacial score (nSPS) is 11.7. The summed E-state index contributed by atoms with van der Waals surface area (Å²) in [5.41, 5.74) is 6.90. The Balaban J connectivity index is 1.38. The van der Waals surface area contributed by atoms with Crippen LogP contribution in [0, 0.1) is 0 Å². The standard InChI is InChI=1S/C22H20N6O3/c1-14(16-3-4-18-12-20(31-2)10-7-17(18)11-16)21(29)24-25-22(30)15-5-8-19(9-6-15)28-13-23-26-27-28/h3-14H,1-2H3,(H,24,29)(H,25,30)/t14-/m0/s1. The van der Waals surface area contributed by atoms with Crippen LogP contribution in [0.2, 0.25) is 0 Å². The molecular weight excluding hydrogens is 396 g/mol. The number of aromatic nitrogens is 4. The maximum absolute atomic E-state index is 12.6. The van der Waals surface area contributed by atoms with Crippen molar-refractivity contribution in [3.63, 3.8) is 0 Å². The van der Waals surface area contributed by atoms with Crippen molar-refractivity contribution >= 4 is 22.6 Å². The molecule has 0 saturated heterocycles. The third-order valence-corrected chi connectivity index (χ3v) is 5.01. The quantitative estimate of drug-likeness (QED) is 0.483. The van der Waals surface area contributed by atoms with Crippen molar-refractivity contribution in [1.82, 2.24) is 31.1 Å². The van der Waals surface area contributed by atoms with Crippen molar-refractivity contribution in [2.24, 2.45) is 0 Å². The molecule has 1 aromatic heterocycles. The van der Waals surface area contributed by atoms with Crippen molar-refractivity contribution in [1.29, 1.82) is 0 Å². The fraction of sp³-hybridized carbons (Fsp3) is 0.136. The van der Waals surface area contributed by atoms with E-state index >= 15 is 0 Å². The second-order valence-electron chi connectivity index (χ2n) is 6.94. The second kappa shape index (κ2) is 8.62. The largest absolute Gasteiger partial charge is 0.497 e. The molecule has 0 saturated carbocycles. The molecule has 0 spiro atoms. The lowest BCUT2D eigenvalue weighted by molar-refractivity contribution is -0.123. The van der Waals surface area contributed by atoms with E-state index < -0.39 is 11.8 Å². The van der Waals surface area contributed by atoms with Crippen LogP contribution >= 0.6 is 0 Å². The predicted molar refractivity (Wildman–Crippen MR) is 114 cm³/mol. The first kappa shape index (κ1) is 20.0. The number of nitrogens with one attached hydrogen (secondary N) is 2. The van der Waals surface area contributed by atoms with Gasteiger partial charge in [-0.1, -0.05) is 24.3 Å². The van der Waals surface area contributed by atoms with Crippen molar-refractivity contribution in [2.45, 2.75) is 12.8 Å². The molecule has 4 aromatic rings. The van der Waals surface area contributed by atoms with Gasteiger partial charge < -0.3 is 4.74 Å². The summed E-state index contributed by atoms with van der Waals surface area (Å²) in [6, 6.07) is 18.2. The topological polar surface area (TPSA) is 111 Å². The van der Waals surface area contributed by atoms with Gasteiger partial charge in [0.25, 0.3) is 5.91 Å². The van der Waals surface area contributed by atoms with Crippen molar-refractivity contribution < 1.29 is 14.3 Å². The smallest absolute Gasteiger partial charge is 0.269 e. The van der Waals surface area contributed by atoms with Gasteiger partial charge in [0.15, 0.2) is 0 Å². The van der Waals surface area contributed by atoms with Gasteiger partial charge in [0.05, 0.1) is 18.7 Å². The summed E-state index contributed by atoms with van der Waals surface area (Å²) in [5.74, 6) is -0.408. The molecule has 2 amide bonds. The molecule has 31 heavy (non-hydrogen) atoms. The molecule has 0 unspecified atom stereocenters. The molecule has 3 aromatic carbocycles. The van der Waals surface area contributed by atoms with Gasteiger partial charge in [0.1, 0.15) is 12.1 Å². The fourth-order valence-corrected chi connectivity index (χ4v) is 3.13. The van der Waals surface area contributed by atoms with E-state index in [0.29, 0.717) is 11.3 Å². The highest BCUT2D eigenvalue weighted by Gasteiger charge is 2.17. The van der Waals surface area contributed by atoms with Crippen molar-refractivity contribution in [2.75, 3.05) is 7.11 Å². The zero-order valence-electron chi connectivity index (χ0n) is 16.9. The minimum absolute atomic E-state index is 0.313. The Hall–Kier alpha value is -4.27. The monoisotopic (exact) mass is 416 g/mol. The zero-order valence-corrected chi connectivity index (χ0v) is 16.9. The van der Waals surface area contributed by atoms with E-state index in [1.54, 1.807) is 38.3 Å². The van der Waals surface area contributed by atoms with Crippen molar-refractivity contribution in [3.8, 4) is 11.4 Å². The van der Waals surface area contributed by atoms with E-state index in [0.717, 1.165) is 22.1 Å².